The number of phenolic OH excluding ortho intramolecular Hbond substituents is 1. The highest BCUT2D eigenvalue weighted by molar-refractivity contribution is 6.36. The molecule has 148 valence electrons. The number of aryl methyl sites for hydroxylation is 2. The molecule has 0 bridgehead atoms. The Morgan fingerprint density at radius 1 is 1.04 bits per heavy atom. The molecule has 2 aromatic carbocycles. The first-order valence-corrected chi connectivity index (χ1v) is 8.16. The van der Waals surface area contributed by atoms with Crippen LogP contribution in [0.1, 0.15) is 11.1 Å². The van der Waals surface area contributed by atoms with Crippen LogP contribution in [0.15, 0.2) is 30.3 Å². The molecular formula is C19H20N2O7. The summed E-state index contributed by atoms with van der Waals surface area (Å²) >= 11 is 0. The molecule has 0 unspecified atom stereocenters. The maximum absolute atomic E-state index is 11.7. The first kappa shape index (κ1) is 20.7. The van der Waals surface area contributed by atoms with Crippen molar-refractivity contribution in [3.8, 4) is 17.2 Å². The Kier molecular flexibility index (Phi) is 6.56. The molecule has 0 atom stereocenters. The van der Waals surface area contributed by atoms with Crippen molar-refractivity contribution >= 4 is 29.2 Å². The van der Waals surface area contributed by atoms with Gasteiger partial charge in [0.15, 0.2) is 0 Å². The van der Waals surface area contributed by atoms with Gasteiger partial charge in [0.25, 0.3) is 0 Å². The van der Waals surface area contributed by atoms with Crippen molar-refractivity contribution in [1.82, 2.24) is 0 Å². The molecule has 2 aromatic rings. The minimum absolute atomic E-state index is 0.128. The first-order chi connectivity index (χ1) is 13.2. The van der Waals surface area contributed by atoms with Crippen LogP contribution in [0.2, 0.25) is 0 Å². The summed E-state index contributed by atoms with van der Waals surface area (Å²) in [6.45, 7) is 3.31. The van der Waals surface area contributed by atoms with E-state index in [1.807, 2.05) is 0 Å². The topological polar surface area (TPSA) is 134 Å². The molecule has 9 nitrogen and oxygen atoms in total. The number of carbonyl (C=O) groups excluding carboxylic acids is 2. The molecule has 4 N–H and O–H groups in total. The zero-order chi connectivity index (χ0) is 20.8. The number of amides is 2. The zero-order valence-corrected chi connectivity index (χ0v) is 15.5. The Balaban J connectivity index is 2.24. The Hall–Kier alpha value is -3.59. The van der Waals surface area contributed by atoms with E-state index in [2.05, 4.69) is 10.6 Å². The van der Waals surface area contributed by atoms with E-state index in [1.54, 1.807) is 26.0 Å². The van der Waals surface area contributed by atoms with E-state index in [9.17, 15) is 19.5 Å². The van der Waals surface area contributed by atoms with Crippen molar-refractivity contribution < 1.29 is 34.1 Å². The van der Waals surface area contributed by atoms with Gasteiger partial charge in [0.2, 0.25) is 5.91 Å². The van der Waals surface area contributed by atoms with Gasteiger partial charge in [-0.2, -0.15) is 0 Å². The third-order valence-electron chi connectivity index (χ3n) is 3.65. The van der Waals surface area contributed by atoms with Crippen LogP contribution < -0.4 is 15.4 Å². The van der Waals surface area contributed by atoms with Gasteiger partial charge in [0.05, 0.1) is 5.69 Å². The fraction of sp³-hybridized carbons (Fsp3) is 0.211. The summed E-state index contributed by atoms with van der Waals surface area (Å²) in [5, 5.41) is 23.4. The number of phenols is 1. The zero-order valence-electron chi connectivity index (χ0n) is 15.5. The number of anilines is 2. The fourth-order valence-corrected chi connectivity index (χ4v) is 2.48. The largest absolute Gasteiger partial charge is 0.506 e. The molecule has 0 saturated carbocycles. The minimum Gasteiger partial charge on any atom is -0.506 e. The van der Waals surface area contributed by atoms with Crippen LogP contribution >= 0.6 is 0 Å². The molecule has 0 aliphatic carbocycles. The number of ether oxygens (including phenoxy) is 2. The number of nitrogens with one attached hydrogen (secondary N) is 2. The van der Waals surface area contributed by atoms with Crippen LogP contribution in [0, 0.1) is 13.8 Å². The Morgan fingerprint density at radius 3 is 2.25 bits per heavy atom. The van der Waals surface area contributed by atoms with Crippen LogP contribution in [-0.4, -0.2) is 41.7 Å². The lowest BCUT2D eigenvalue weighted by Gasteiger charge is -2.15. The second kappa shape index (κ2) is 8.87. The average Bonchev–Trinajstić information content (AvgIpc) is 2.61. The van der Waals surface area contributed by atoms with E-state index in [1.165, 1.54) is 25.3 Å². The third-order valence-corrected chi connectivity index (χ3v) is 3.65. The van der Waals surface area contributed by atoms with Crippen LogP contribution in [0.5, 0.6) is 17.2 Å². The van der Waals surface area contributed by atoms with Gasteiger partial charge < -0.3 is 30.3 Å². The van der Waals surface area contributed by atoms with E-state index in [0.29, 0.717) is 28.3 Å². The summed E-state index contributed by atoms with van der Waals surface area (Å²) in [4.78, 5) is 33.6. The van der Waals surface area contributed by atoms with Gasteiger partial charge in [0.1, 0.15) is 23.9 Å². The summed E-state index contributed by atoms with van der Waals surface area (Å²) in [6, 6.07) is 7.52. The number of carboxylic acids is 1. The fourth-order valence-electron chi connectivity index (χ4n) is 2.48. The van der Waals surface area contributed by atoms with Crippen LogP contribution in [-0.2, 0) is 19.1 Å². The van der Waals surface area contributed by atoms with Gasteiger partial charge >= 0.3 is 11.9 Å². The molecule has 0 heterocycles. The lowest BCUT2D eigenvalue weighted by molar-refractivity contribution is -0.147. The summed E-state index contributed by atoms with van der Waals surface area (Å²) in [7, 11) is 1.38. The molecule has 28 heavy (non-hydrogen) atoms. The van der Waals surface area contributed by atoms with Gasteiger partial charge in [-0.15, -0.1) is 0 Å². The van der Waals surface area contributed by atoms with Crippen LogP contribution in [0.25, 0.3) is 0 Å². The second-order valence-electron chi connectivity index (χ2n) is 5.96. The summed E-state index contributed by atoms with van der Waals surface area (Å²) < 4.78 is 10.6. The number of benzene rings is 2. The monoisotopic (exact) mass is 388 g/mol. The summed E-state index contributed by atoms with van der Waals surface area (Å²) in [5.74, 6) is -2.42. The van der Waals surface area contributed by atoms with E-state index in [-0.39, 0.29) is 18.0 Å². The maximum Gasteiger partial charge on any atom is 0.394 e. The Bertz CT molecular complexity index is 901. The highest BCUT2D eigenvalue weighted by Gasteiger charge is 2.15. The Morgan fingerprint density at radius 2 is 1.68 bits per heavy atom. The lowest BCUT2D eigenvalue weighted by atomic mass is 10.1. The van der Waals surface area contributed by atoms with Gasteiger partial charge in [0, 0.05) is 18.9 Å². The number of rotatable bonds is 6. The van der Waals surface area contributed by atoms with Gasteiger partial charge in [-0.3, -0.25) is 9.59 Å². The first-order valence-electron chi connectivity index (χ1n) is 8.16. The quantitative estimate of drug-likeness (QED) is 0.441. The van der Waals surface area contributed by atoms with Crippen molar-refractivity contribution in [1.29, 1.82) is 0 Å². The van der Waals surface area contributed by atoms with E-state index in [0.717, 1.165) is 0 Å². The molecule has 0 spiro atoms. The highest BCUT2D eigenvalue weighted by Crippen LogP contribution is 2.35. The third kappa shape index (κ3) is 5.21. The summed E-state index contributed by atoms with van der Waals surface area (Å²) in [6.07, 6.45) is 0. The van der Waals surface area contributed by atoms with Crippen molar-refractivity contribution in [3.63, 3.8) is 0 Å². The number of hydrogen-bond donors (Lipinski definition) is 4. The number of aromatic hydroxyl groups is 1. The summed E-state index contributed by atoms with van der Waals surface area (Å²) in [5.41, 5.74) is 1.80. The number of carboxylic acid groups (broad SMARTS) is 1. The number of methoxy groups -OCH3 is 1. The standard InChI is InChI=1S/C19H20N2O7/c1-10-6-12(20-18(24)19(25)26)7-11(2)17(10)28-13-4-5-15(22)14(8-13)21-16(23)9-27-3/h4-8,22H,9H2,1-3H3,(H,20,24)(H,21,23)(H,25,26). The Labute approximate surface area is 160 Å². The minimum atomic E-state index is -1.58. The van der Waals surface area contributed by atoms with Crippen molar-refractivity contribution in [2.45, 2.75) is 13.8 Å². The van der Waals surface area contributed by atoms with Crippen LogP contribution in [0.3, 0.4) is 0 Å². The SMILES string of the molecule is COCC(=O)Nc1cc(Oc2c(C)cc(NC(=O)C(=O)O)cc2C)ccc1O. The molecule has 9 heteroatoms. The number of carbonyl (C=O) groups is 3. The number of aliphatic carboxylic acids is 1. The van der Waals surface area contributed by atoms with Gasteiger partial charge in [-0.25, -0.2) is 4.79 Å². The normalized spacial score (nSPS) is 10.2. The molecular weight excluding hydrogens is 368 g/mol. The molecule has 2 amide bonds. The predicted octanol–water partition coefficient (Wildman–Crippen LogP) is 2.41. The van der Waals surface area contributed by atoms with Crippen LogP contribution in [0.4, 0.5) is 11.4 Å². The van der Waals surface area contributed by atoms with E-state index < -0.39 is 17.8 Å². The number of hydrogen-bond acceptors (Lipinski definition) is 6. The van der Waals surface area contributed by atoms with E-state index >= 15 is 0 Å². The second-order valence-corrected chi connectivity index (χ2v) is 5.96. The van der Waals surface area contributed by atoms with Gasteiger partial charge in [-0.1, -0.05) is 0 Å². The van der Waals surface area contributed by atoms with Gasteiger partial charge in [-0.05, 0) is 49.2 Å². The predicted molar refractivity (Wildman–Crippen MR) is 101 cm³/mol. The molecule has 0 aliphatic rings. The van der Waals surface area contributed by atoms with Crippen molar-refractivity contribution in [3.05, 3.63) is 41.5 Å². The smallest absolute Gasteiger partial charge is 0.394 e. The van der Waals surface area contributed by atoms with E-state index in [4.69, 9.17) is 14.6 Å². The van der Waals surface area contributed by atoms with Crippen molar-refractivity contribution in [2.75, 3.05) is 24.4 Å². The molecule has 0 radical (unpaired) electrons. The molecule has 0 aliphatic heterocycles. The highest BCUT2D eigenvalue weighted by atomic mass is 16.5. The average molecular weight is 388 g/mol. The van der Waals surface area contributed by atoms with Crippen molar-refractivity contribution in [2.24, 2.45) is 0 Å². The molecule has 0 fully saturated rings. The molecule has 2 rings (SSSR count). The maximum atomic E-state index is 11.7. The molecule has 0 saturated heterocycles. The lowest BCUT2D eigenvalue weighted by Crippen LogP contribution is -2.21. The molecule has 0 aromatic heterocycles.